The average Bonchev–Trinajstić information content (AvgIpc) is 2.66. The van der Waals surface area contributed by atoms with Gasteiger partial charge in [0.05, 0.1) is 13.1 Å². The van der Waals surface area contributed by atoms with Crippen molar-refractivity contribution in [2.24, 2.45) is 0 Å². The van der Waals surface area contributed by atoms with Gasteiger partial charge in [0.1, 0.15) is 11.5 Å². The molecule has 0 atom stereocenters. The zero-order valence-electron chi connectivity index (χ0n) is 15.3. The van der Waals surface area contributed by atoms with E-state index < -0.39 is 11.9 Å². The second-order valence-electron chi connectivity index (χ2n) is 5.61. The van der Waals surface area contributed by atoms with Crippen molar-refractivity contribution in [3.63, 3.8) is 0 Å². The molecule has 0 heterocycles. The van der Waals surface area contributed by atoms with Gasteiger partial charge in [0.2, 0.25) is 0 Å². The fraction of sp³-hybridized carbons (Fsp3) is 0.0909. The summed E-state index contributed by atoms with van der Waals surface area (Å²) in [5.41, 5.74) is 1.75. The number of nitrogens with zero attached hydrogens (tertiary/aromatic N) is 2. The summed E-state index contributed by atoms with van der Waals surface area (Å²) >= 11 is 0. The van der Waals surface area contributed by atoms with Crippen LogP contribution < -0.4 is 9.47 Å². The highest BCUT2D eigenvalue weighted by atomic mass is 16.5. The number of rotatable bonds is 5. The summed E-state index contributed by atoms with van der Waals surface area (Å²) in [7, 11) is 0. The third-order valence-electron chi connectivity index (χ3n) is 3.39. The van der Waals surface area contributed by atoms with Gasteiger partial charge in [-0.1, -0.05) is 36.4 Å². The molecular weight excluding hydrogens is 356 g/mol. The van der Waals surface area contributed by atoms with Crippen molar-refractivity contribution >= 4 is 24.1 Å². The Labute approximate surface area is 163 Å². The quantitative estimate of drug-likeness (QED) is 0.329. The van der Waals surface area contributed by atoms with Gasteiger partial charge in [0.25, 0.3) is 0 Å². The van der Waals surface area contributed by atoms with Gasteiger partial charge in [-0.05, 0) is 35.4 Å². The Morgan fingerprint density at radius 1 is 0.714 bits per heavy atom. The molecule has 6 nitrogen and oxygen atoms in total. The molecule has 0 bridgehead atoms. The summed E-state index contributed by atoms with van der Waals surface area (Å²) in [5, 5.41) is 0. The minimum atomic E-state index is -0.414. The zero-order chi connectivity index (χ0) is 20.5. The van der Waals surface area contributed by atoms with Crippen LogP contribution in [0.3, 0.4) is 0 Å². The third kappa shape index (κ3) is 5.98. The van der Waals surface area contributed by atoms with Gasteiger partial charge < -0.3 is 9.47 Å². The molecule has 0 radical (unpaired) electrons. The minimum absolute atomic E-state index is 0.180. The number of hydrogen-bond acceptors (Lipinski definition) is 4. The molecule has 0 N–H and O–H groups in total. The molecule has 0 fully saturated rings. The molecule has 28 heavy (non-hydrogen) atoms. The third-order valence-corrected chi connectivity index (χ3v) is 3.39. The minimum Gasteiger partial charge on any atom is -0.427 e. The van der Waals surface area contributed by atoms with E-state index in [1.165, 1.54) is 13.8 Å². The molecule has 0 spiro atoms. The Bertz CT molecular complexity index is 933. The Kier molecular flexibility index (Phi) is 6.85. The second kappa shape index (κ2) is 9.51. The van der Waals surface area contributed by atoms with Crippen LogP contribution in [-0.2, 0) is 9.59 Å². The van der Waals surface area contributed by atoms with Crippen LogP contribution in [0.4, 0.5) is 0 Å². The van der Waals surface area contributed by atoms with Crippen molar-refractivity contribution in [3.8, 4) is 11.5 Å². The Morgan fingerprint density at radius 2 is 1.04 bits per heavy atom. The largest absolute Gasteiger partial charge is 0.427 e. The SMILES string of the molecule is [C-]#[N+]C(=C\c1ccc(OC(C)=O)cc1)/C(=C/c1ccc(OC(C)=O)cc1)[N+]#[C-]. The van der Waals surface area contributed by atoms with Gasteiger partial charge in [-0.3, -0.25) is 19.3 Å². The summed E-state index contributed by atoms with van der Waals surface area (Å²) in [4.78, 5) is 28.8. The molecule has 0 aliphatic carbocycles. The Balaban J connectivity index is 2.27. The van der Waals surface area contributed by atoms with Crippen molar-refractivity contribution in [1.29, 1.82) is 0 Å². The molecule has 0 aliphatic heterocycles. The zero-order valence-corrected chi connectivity index (χ0v) is 15.3. The van der Waals surface area contributed by atoms with Crippen molar-refractivity contribution < 1.29 is 19.1 Å². The number of benzene rings is 2. The summed E-state index contributed by atoms with van der Waals surface area (Å²) in [6.45, 7) is 17.4. The van der Waals surface area contributed by atoms with E-state index in [0.717, 1.165) is 0 Å². The first-order valence-corrected chi connectivity index (χ1v) is 8.17. The number of carbonyl (C=O) groups excluding carboxylic acids is 2. The van der Waals surface area contributed by atoms with E-state index in [4.69, 9.17) is 22.6 Å². The van der Waals surface area contributed by atoms with Crippen LogP contribution in [0.25, 0.3) is 21.8 Å². The first-order chi connectivity index (χ1) is 13.4. The number of carbonyl (C=O) groups is 2. The van der Waals surface area contributed by atoms with Gasteiger partial charge in [-0.15, -0.1) is 0 Å². The lowest BCUT2D eigenvalue weighted by molar-refractivity contribution is -0.132. The topological polar surface area (TPSA) is 61.3 Å². The van der Waals surface area contributed by atoms with Gasteiger partial charge in [0.15, 0.2) is 11.4 Å². The lowest BCUT2D eigenvalue weighted by Gasteiger charge is -2.03. The van der Waals surface area contributed by atoms with Crippen LogP contribution in [0.5, 0.6) is 11.5 Å². The summed E-state index contributed by atoms with van der Waals surface area (Å²) in [5.74, 6) is -0.0168. The highest BCUT2D eigenvalue weighted by molar-refractivity contribution is 5.72. The lowest BCUT2D eigenvalue weighted by Crippen LogP contribution is -2.00. The maximum Gasteiger partial charge on any atom is 0.308 e. The number of esters is 2. The van der Waals surface area contributed by atoms with E-state index in [9.17, 15) is 9.59 Å². The van der Waals surface area contributed by atoms with E-state index in [0.29, 0.717) is 22.6 Å². The molecule has 0 aliphatic rings. The van der Waals surface area contributed by atoms with Crippen LogP contribution in [-0.4, -0.2) is 11.9 Å². The van der Waals surface area contributed by atoms with E-state index in [1.54, 1.807) is 60.7 Å². The molecule has 2 rings (SSSR count). The van der Waals surface area contributed by atoms with Crippen LogP contribution in [0.15, 0.2) is 59.9 Å². The summed E-state index contributed by atoms with van der Waals surface area (Å²) in [6, 6.07) is 13.2. The van der Waals surface area contributed by atoms with Gasteiger partial charge >= 0.3 is 11.9 Å². The van der Waals surface area contributed by atoms with Crippen LogP contribution >= 0.6 is 0 Å². The standard InChI is InChI=1S/C22H16N2O4/c1-15(25)27-19-9-5-17(6-10-19)13-21(23-3)22(24-4)14-18-7-11-20(12-8-18)28-16(2)26/h5-14H,1-2H3/b21-13-,22-14-. The molecule has 6 heteroatoms. The van der Waals surface area contributed by atoms with Crippen molar-refractivity contribution in [3.05, 3.63) is 93.9 Å². The summed E-state index contributed by atoms with van der Waals surface area (Å²) < 4.78 is 9.94. The Morgan fingerprint density at radius 3 is 1.29 bits per heavy atom. The van der Waals surface area contributed by atoms with Crippen LogP contribution in [0, 0.1) is 13.1 Å². The maximum absolute atomic E-state index is 11.0. The molecule has 138 valence electrons. The van der Waals surface area contributed by atoms with E-state index in [-0.39, 0.29) is 11.4 Å². The average molecular weight is 372 g/mol. The van der Waals surface area contributed by atoms with Gasteiger partial charge in [-0.25, -0.2) is 0 Å². The fourth-order valence-electron chi connectivity index (χ4n) is 2.24. The normalized spacial score (nSPS) is 11.1. The molecule has 0 saturated carbocycles. The van der Waals surface area contributed by atoms with Crippen LogP contribution in [0.2, 0.25) is 0 Å². The molecule has 2 aromatic rings. The number of ether oxygens (including phenoxy) is 2. The molecule has 0 saturated heterocycles. The predicted octanol–water partition coefficient (Wildman–Crippen LogP) is 4.76. The van der Waals surface area contributed by atoms with Crippen molar-refractivity contribution in [1.82, 2.24) is 0 Å². The van der Waals surface area contributed by atoms with E-state index >= 15 is 0 Å². The van der Waals surface area contributed by atoms with E-state index in [2.05, 4.69) is 9.69 Å². The highest BCUT2D eigenvalue weighted by Crippen LogP contribution is 2.23. The monoisotopic (exact) mass is 372 g/mol. The van der Waals surface area contributed by atoms with Crippen molar-refractivity contribution in [2.45, 2.75) is 13.8 Å². The molecule has 2 aromatic carbocycles. The number of hydrogen-bond donors (Lipinski definition) is 0. The maximum atomic E-state index is 11.0. The lowest BCUT2D eigenvalue weighted by atomic mass is 10.1. The van der Waals surface area contributed by atoms with E-state index in [1.807, 2.05) is 0 Å². The smallest absolute Gasteiger partial charge is 0.308 e. The second-order valence-corrected chi connectivity index (χ2v) is 5.61. The Hall–Kier alpha value is -4.16. The fourth-order valence-corrected chi connectivity index (χ4v) is 2.24. The summed E-state index contributed by atoms with van der Waals surface area (Å²) in [6.07, 6.45) is 3.17. The molecule has 0 aromatic heterocycles. The molecule has 0 unspecified atom stereocenters. The van der Waals surface area contributed by atoms with Crippen molar-refractivity contribution in [2.75, 3.05) is 0 Å². The van der Waals surface area contributed by atoms with Crippen LogP contribution in [0.1, 0.15) is 25.0 Å². The first kappa shape index (κ1) is 20.2. The molecular formula is C22H16N2O4. The first-order valence-electron chi connectivity index (χ1n) is 8.17. The van der Waals surface area contributed by atoms with Gasteiger partial charge in [0, 0.05) is 13.8 Å². The molecule has 0 amide bonds. The highest BCUT2D eigenvalue weighted by Gasteiger charge is 2.07. The predicted molar refractivity (Wildman–Crippen MR) is 105 cm³/mol. The van der Waals surface area contributed by atoms with Gasteiger partial charge in [-0.2, -0.15) is 0 Å².